The molecule has 28 heavy (non-hydrogen) atoms. The summed E-state index contributed by atoms with van der Waals surface area (Å²) in [5, 5.41) is 8.65. The molecule has 1 atom stereocenters. The monoisotopic (exact) mass is 395 g/mol. The first-order valence-electron chi connectivity index (χ1n) is 9.47. The van der Waals surface area contributed by atoms with E-state index in [2.05, 4.69) is 29.3 Å². The number of hydrogen-bond donors (Lipinski definition) is 0. The summed E-state index contributed by atoms with van der Waals surface area (Å²) in [6.45, 7) is 5.40. The van der Waals surface area contributed by atoms with Crippen molar-refractivity contribution in [3.05, 3.63) is 77.7 Å². The van der Waals surface area contributed by atoms with Gasteiger partial charge in [-0.15, -0.1) is 10.2 Å². The second kappa shape index (κ2) is 10.1. The Morgan fingerprint density at radius 3 is 2.43 bits per heavy atom. The van der Waals surface area contributed by atoms with E-state index in [0.29, 0.717) is 36.5 Å². The highest BCUT2D eigenvalue weighted by Gasteiger charge is 2.16. The highest BCUT2D eigenvalue weighted by Crippen LogP contribution is 2.22. The van der Waals surface area contributed by atoms with E-state index in [4.69, 9.17) is 4.42 Å². The van der Waals surface area contributed by atoms with Gasteiger partial charge in [-0.3, -0.25) is 4.79 Å². The van der Waals surface area contributed by atoms with E-state index in [0.717, 1.165) is 5.56 Å². The van der Waals surface area contributed by atoms with Crippen molar-refractivity contribution in [2.24, 2.45) is 0 Å². The third-order valence-electron chi connectivity index (χ3n) is 4.57. The molecule has 1 amide bonds. The fraction of sp³-hybridized carbons (Fsp3) is 0.318. The minimum Gasteiger partial charge on any atom is -0.416 e. The van der Waals surface area contributed by atoms with Crippen molar-refractivity contribution in [1.29, 1.82) is 0 Å². The zero-order chi connectivity index (χ0) is 19.8. The first-order chi connectivity index (χ1) is 13.7. The fourth-order valence-corrected chi connectivity index (χ4v) is 3.62. The molecule has 0 N–H and O–H groups in total. The maximum Gasteiger partial charge on any atom is 0.277 e. The Morgan fingerprint density at radius 1 is 1.07 bits per heavy atom. The van der Waals surface area contributed by atoms with Crippen LogP contribution in [-0.4, -0.2) is 33.3 Å². The van der Waals surface area contributed by atoms with Crippen molar-refractivity contribution in [1.82, 2.24) is 15.1 Å². The van der Waals surface area contributed by atoms with E-state index in [-0.39, 0.29) is 11.7 Å². The maximum atomic E-state index is 12.5. The lowest BCUT2D eigenvalue weighted by atomic mass is 9.98. The van der Waals surface area contributed by atoms with Gasteiger partial charge in [-0.25, -0.2) is 0 Å². The minimum atomic E-state index is 0.0637. The smallest absolute Gasteiger partial charge is 0.277 e. The molecule has 0 radical (unpaired) electrons. The van der Waals surface area contributed by atoms with Gasteiger partial charge in [-0.2, -0.15) is 0 Å². The Balaban J connectivity index is 1.51. The Bertz CT molecular complexity index is 868. The van der Waals surface area contributed by atoms with Gasteiger partial charge in [-0.1, -0.05) is 79.3 Å². The molecule has 0 spiro atoms. The molecule has 146 valence electrons. The number of benzene rings is 2. The lowest BCUT2D eigenvalue weighted by Gasteiger charge is -2.20. The molecule has 2 aromatic carbocycles. The van der Waals surface area contributed by atoms with Crippen LogP contribution in [0.1, 0.15) is 36.8 Å². The molecule has 1 aromatic heterocycles. The summed E-state index contributed by atoms with van der Waals surface area (Å²) < 4.78 is 5.73. The topological polar surface area (TPSA) is 59.2 Å². The molecule has 0 aliphatic rings. The second-order valence-corrected chi connectivity index (χ2v) is 7.59. The molecule has 0 fully saturated rings. The van der Waals surface area contributed by atoms with E-state index in [1.807, 2.05) is 60.4 Å². The maximum absolute atomic E-state index is 12.5. The summed E-state index contributed by atoms with van der Waals surface area (Å²) in [6.07, 6.45) is 0.681. The quantitative estimate of drug-likeness (QED) is 0.497. The summed E-state index contributed by atoms with van der Waals surface area (Å²) in [4.78, 5) is 14.4. The highest BCUT2D eigenvalue weighted by atomic mass is 32.2. The van der Waals surface area contributed by atoms with Crippen molar-refractivity contribution < 1.29 is 9.21 Å². The molecular formula is C22H25N3O2S. The summed E-state index contributed by atoms with van der Waals surface area (Å²) in [6, 6.07) is 20.3. The predicted octanol–water partition coefficient (Wildman–Crippen LogP) is 4.56. The molecule has 0 aliphatic carbocycles. The van der Waals surface area contributed by atoms with Gasteiger partial charge in [0.15, 0.2) is 0 Å². The molecule has 1 unspecified atom stereocenters. The molecule has 6 heteroatoms. The SMILES string of the molecule is CCN(Cc1ccccc1)C(=O)CSc1nnc(CC(C)c2ccccc2)o1. The first kappa shape index (κ1) is 20.1. The summed E-state index contributed by atoms with van der Waals surface area (Å²) in [5.74, 6) is 1.25. The van der Waals surface area contributed by atoms with Crippen molar-refractivity contribution in [2.45, 2.75) is 38.0 Å². The standard InChI is InChI=1S/C22H25N3O2S/c1-3-25(15-18-10-6-4-7-11-18)21(26)16-28-22-24-23-20(27-22)14-17(2)19-12-8-5-9-13-19/h4-13,17H,3,14-16H2,1-2H3. The molecule has 3 rings (SSSR count). The van der Waals surface area contributed by atoms with E-state index in [1.54, 1.807) is 0 Å². The predicted molar refractivity (Wildman–Crippen MR) is 111 cm³/mol. The van der Waals surface area contributed by atoms with Gasteiger partial charge < -0.3 is 9.32 Å². The number of hydrogen-bond acceptors (Lipinski definition) is 5. The van der Waals surface area contributed by atoms with Crippen LogP contribution in [0.3, 0.4) is 0 Å². The van der Waals surface area contributed by atoms with Gasteiger partial charge in [0.05, 0.1) is 5.75 Å². The van der Waals surface area contributed by atoms with Gasteiger partial charge in [0.1, 0.15) is 0 Å². The molecule has 5 nitrogen and oxygen atoms in total. The zero-order valence-electron chi connectivity index (χ0n) is 16.2. The van der Waals surface area contributed by atoms with Crippen molar-refractivity contribution >= 4 is 17.7 Å². The average Bonchev–Trinajstić information content (AvgIpc) is 3.19. The summed E-state index contributed by atoms with van der Waals surface area (Å²) in [5.41, 5.74) is 2.36. The van der Waals surface area contributed by atoms with Gasteiger partial charge in [0, 0.05) is 19.5 Å². The van der Waals surface area contributed by atoms with E-state index >= 15 is 0 Å². The first-order valence-corrected chi connectivity index (χ1v) is 10.5. The second-order valence-electron chi connectivity index (χ2n) is 6.66. The minimum absolute atomic E-state index is 0.0637. The van der Waals surface area contributed by atoms with Gasteiger partial charge >= 0.3 is 0 Å². The number of thioether (sulfide) groups is 1. The number of rotatable bonds is 9. The van der Waals surface area contributed by atoms with Gasteiger partial charge in [-0.05, 0) is 24.0 Å². The van der Waals surface area contributed by atoms with Crippen LogP contribution in [0.15, 0.2) is 70.3 Å². The highest BCUT2D eigenvalue weighted by molar-refractivity contribution is 7.99. The zero-order valence-corrected chi connectivity index (χ0v) is 17.1. The molecule has 3 aromatic rings. The third-order valence-corrected chi connectivity index (χ3v) is 5.37. The van der Waals surface area contributed by atoms with Gasteiger partial charge in [0.25, 0.3) is 5.22 Å². The van der Waals surface area contributed by atoms with E-state index in [9.17, 15) is 4.79 Å². The number of nitrogens with zero attached hydrogens (tertiary/aromatic N) is 3. The lowest BCUT2D eigenvalue weighted by molar-refractivity contribution is -0.128. The lowest BCUT2D eigenvalue weighted by Crippen LogP contribution is -2.31. The summed E-state index contributed by atoms with van der Waals surface area (Å²) in [7, 11) is 0. The molecule has 0 saturated carbocycles. The van der Waals surface area contributed by atoms with Crippen LogP contribution >= 0.6 is 11.8 Å². The van der Waals surface area contributed by atoms with E-state index < -0.39 is 0 Å². The van der Waals surface area contributed by atoms with Gasteiger partial charge in [0.2, 0.25) is 11.8 Å². The third kappa shape index (κ3) is 5.70. The molecule has 0 aliphatic heterocycles. The normalized spacial score (nSPS) is 11.9. The van der Waals surface area contributed by atoms with E-state index in [1.165, 1.54) is 17.3 Å². The summed E-state index contributed by atoms with van der Waals surface area (Å²) >= 11 is 1.30. The van der Waals surface area contributed by atoms with Crippen LogP contribution in [0.4, 0.5) is 0 Å². The van der Waals surface area contributed by atoms with Crippen molar-refractivity contribution in [3.63, 3.8) is 0 Å². The number of aromatic nitrogens is 2. The van der Waals surface area contributed by atoms with Crippen LogP contribution in [-0.2, 0) is 17.8 Å². The van der Waals surface area contributed by atoms with Crippen LogP contribution in [0.5, 0.6) is 0 Å². The number of carbonyl (C=O) groups excluding carboxylic acids is 1. The Hall–Kier alpha value is -2.60. The van der Waals surface area contributed by atoms with Crippen LogP contribution in [0, 0.1) is 0 Å². The largest absolute Gasteiger partial charge is 0.416 e. The van der Waals surface area contributed by atoms with Crippen molar-refractivity contribution in [3.8, 4) is 0 Å². The van der Waals surface area contributed by atoms with Crippen molar-refractivity contribution in [2.75, 3.05) is 12.3 Å². The Labute approximate surface area is 170 Å². The Kier molecular flexibility index (Phi) is 7.25. The molecular weight excluding hydrogens is 370 g/mol. The Morgan fingerprint density at radius 2 is 1.75 bits per heavy atom. The van der Waals surface area contributed by atoms with Crippen LogP contribution in [0.2, 0.25) is 0 Å². The average molecular weight is 396 g/mol. The molecule has 0 saturated heterocycles. The molecule has 0 bridgehead atoms. The fourth-order valence-electron chi connectivity index (χ4n) is 2.94. The molecule has 1 heterocycles. The number of carbonyl (C=O) groups is 1. The van der Waals surface area contributed by atoms with Crippen LogP contribution < -0.4 is 0 Å². The number of amides is 1. The van der Waals surface area contributed by atoms with Crippen LogP contribution in [0.25, 0.3) is 0 Å².